The molecule has 0 aliphatic heterocycles. The van der Waals surface area contributed by atoms with Crippen molar-refractivity contribution in [3.63, 3.8) is 0 Å². The largest absolute Gasteiger partial charge is 0.207 e. The van der Waals surface area contributed by atoms with E-state index in [1.54, 1.807) is 12.1 Å². The van der Waals surface area contributed by atoms with Gasteiger partial charge < -0.3 is 0 Å². The summed E-state index contributed by atoms with van der Waals surface area (Å²) in [5, 5.41) is 19.2. The molecule has 0 spiro atoms. The fourth-order valence-corrected chi connectivity index (χ4v) is 2.70. The van der Waals surface area contributed by atoms with Crippen LogP contribution < -0.4 is 0 Å². The summed E-state index contributed by atoms with van der Waals surface area (Å²) in [5.41, 5.74) is 1.76. The van der Waals surface area contributed by atoms with E-state index in [1.165, 1.54) is 23.5 Å². The minimum absolute atomic E-state index is 0.249. The highest BCUT2D eigenvalue weighted by Gasteiger charge is 2.11. The number of rotatable bonds is 3. The third-order valence-electron chi connectivity index (χ3n) is 2.82. The van der Waals surface area contributed by atoms with Gasteiger partial charge >= 0.3 is 0 Å². The molecule has 0 amide bonds. The Kier molecular flexibility index (Phi) is 3.58. The molecule has 6 heteroatoms. The molecule has 4 nitrogen and oxygen atoms in total. The van der Waals surface area contributed by atoms with Crippen LogP contribution >= 0.6 is 11.3 Å². The SMILES string of the molecule is N#Cc1n[nH]nc1-c1ccc(/C=C/c2ccc(F)cc2)s1. The molecular weight excluding hydrogens is 287 g/mol. The van der Waals surface area contributed by atoms with Crippen LogP contribution in [0.4, 0.5) is 4.39 Å². The summed E-state index contributed by atoms with van der Waals surface area (Å²) in [7, 11) is 0. The number of hydrogen-bond acceptors (Lipinski definition) is 4. The summed E-state index contributed by atoms with van der Waals surface area (Å²) >= 11 is 1.51. The number of aromatic amines is 1. The van der Waals surface area contributed by atoms with Crippen LogP contribution in [-0.4, -0.2) is 15.4 Å². The van der Waals surface area contributed by atoms with E-state index in [0.717, 1.165) is 15.3 Å². The summed E-state index contributed by atoms with van der Waals surface area (Å²) in [6, 6.07) is 12.1. The number of nitriles is 1. The van der Waals surface area contributed by atoms with Crippen LogP contribution in [0, 0.1) is 17.1 Å². The standard InChI is InChI=1S/C15H9FN4S/c16-11-4-1-10(2-5-11)3-6-12-7-8-14(21-12)15-13(9-17)18-20-19-15/h1-8H,(H,18,19,20)/b6-3+. The van der Waals surface area contributed by atoms with Gasteiger partial charge in [0.15, 0.2) is 5.69 Å². The van der Waals surface area contributed by atoms with Gasteiger partial charge in [-0.15, -0.1) is 16.4 Å². The Morgan fingerprint density at radius 2 is 1.90 bits per heavy atom. The van der Waals surface area contributed by atoms with E-state index in [1.807, 2.05) is 30.4 Å². The number of H-pyrrole nitrogens is 1. The van der Waals surface area contributed by atoms with Gasteiger partial charge in [0.05, 0.1) is 4.88 Å². The second kappa shape index (κ2) is 5.69. The average molecular weight is 296 g/mol. The molecule has 3 aromatic rings. The maximum Gasteiger partial charge on any atom is 0.191 e. The summed E-state index contributed by atoms with van der Waals surface area (Å²) in [6.07, 6.45) is 3.84. The Morgan fingerprint density at radius 3 is 2.67 bits per heavy atom. The Labute approximate surface area is 124 Å². The van der Waals surface area contributed by atoms with Crippen molar-refractivity contribution in [1.29, 1.82) is 5.26 Å². The van der Waals surface area contributed by atoms with Crippen molar-refractivity contribution in [1.82, 2.24) is 15.4 Å². The van der Waals surface area contributed by atoms with Gasteiger partial charge in [0.25, 0.3) is 0 Å². The molecule has 3 rings (SSSR count). The minimum Gasteiger partial charge on any atom is -0.207 e. The van der Waals surface area contributed by atoms with Gasteiger partial charge in [-0.25, -0.2) is 4.39 Å². The van der Waals surface area contributed by atoms with Gasteiger partial charge in [0.1, 0.15) is 17.6 Å². The van der Waals surface area contributed by atoms with Crippen LogP contribution in [0.15, 0.2) is 36.4 Å². The zero-order valence-corrected chi connectivity index (χ0v) is 11.6. The van der Waals surface area contributed by atoms with Crippen LogP contribution in [0.2, 0.25) is 0 Å². The maximum atomic E-state index is 12.8. The number of nitrogens with zero attached hydrogens (tertiary/aromatic N) is 3. The van der Waals surface area contributed by atoms with Gasteiger partial charge in [0.2, 0.25) is 0 Å². The molecule has 0 aliphatic carbocycles. The lowest BCUT2D eigenvalue weighted by Crippen LogP contribution is -1.77. The van der Waals surface area contributed by atoms with E-state index in [4.69, 9.17) is 5.26 Å². The van der Waals surface area contributed by atoms with Crippen LogP contribution in [0.3, 0.4) is 0 Å². The van der Waals surface area contributed by atoms with E-state index in [2.05, 4.69) is 15.4 Å². The first kappa shape index (κ1) is 13.2. The van der Waals surface area contributed by atoms with Crippen molar-refractivity contribution in [2.45, 2.75) is 0 Å². The second-order valence-electron chi connectivity index (χ2n) is 4.22. The first-order valence-corrected chi connectivity index (χ1v) is 6.92. The molecule has 0 fully saturated rings. The minimum atomic E-state index is -0.249. The number of nitrogens with one attached hydrogen (secondary N) is 1. The van der Waals surface area contributed by atoms with Crippen LogP contribution in [-0.2, 0) is 0 Å². The van der Waals surface area contributed by atoms with Crippen molar-refractivity contribution in [3.05, 3.63) is 58.3 Å². The number of aromatic nitrogens is 3. The van der Waals surface area contributed by atoms with Gasteiger partial charge in [0, 0.05) is 4.88 Å². The van der Waals surface area contributed by atoms with Gasteiger partial charge in [-0.1, -0.05) is 18.2 Å². The highest BCUT2D eigenvalue weighted by molar-refractivity contribution is 7.16. The number of benzene rings is 1. The van der Waals surface area contributed by atoms with Crippen molar-refractivity contribution in [2.24, 2.45) is 0 Å². The summed E-state index contributed by atoms with van der Waals surface area (Å²) in [4.78, 5) is 1.89. The maximum absolute atomic E-state index is 12.8. The third kappa shape index (κ3) is 2.88. The predicted molar refractivity (Wildman–Crippen MR) is 79.7 cm³/mol. The Bertz CT molecular complexity index is 824. The average Bonchev–Trinajstić information content (AvgIpc) is 3.15. The topological polar surface area (TPSA) is 65.4 Å². The molecule has 0 atom stereocenters. The van der Waals surface area contributed by atoms with E-state index in [-0.39, 0.29) is 11.5 Å². The summed E-state index contributed by atoms with van der Waals surface area (Å²) in [6.45, 7) is 0. The molecule has 0 saturated heterocycles. The molecule has 0 saturated carbocycles. The molecule has 0 bridgehead atoms. The molecule has 2 aromatic heterocycles. The molecule has 2 heterocycles. The lowest BCUT2D eigenvalue weighted by Gasteiger charge is -1.92. The summed E-state index contributed by atoms with van der Waals surface area (Å²) < 4.78 is 12.8. The Hall–Kier alpha value is -2.78. The van der Waals surface area contributed by atoms with E-state index in [0.29, 0.717) is 5.69 Å². The highest BCUT2D eigenvalue weighted by Crippen LogP contribution is 2.29. The van der Waals surface area contributed by atoms with E-state index >= 15 is 0 Å². The first-order chi connectivity index (χ1) is 10.3. The molecule has 102 valence electrons. The third-order valence-corrected chi connectivity index (χ3v) is 3.88. The molecule has 0 aliphatic rings. The second-order valence-corrected chi connectivity index (χ2v) is 5.33. The van der Waals surface area contributed by atoms with Gasteiger partial charge in [-0.3, -0.25) is 0 Å². The quantitative estimate of drug-likeness (QED) is 0.801. The van der Waals surface area contributed by atoms with Crippen LogP contribution in [0.5, 0.6) is 0 Å². The predicted octanol–water partition coefficient (Wildman–Crippen LogP) is 3.71. The fraction of sp³-hybridized carbons (Fsp3) is 0. The molecular formula is C15H9FN4S. The van der Waals surface area contributed by atoms with Gasteiger partial charge in [-0.05, 0) is 35.9 Å². The molecule has 0 radical (unpaired) electrons. The molecule has 1 aromatic carbocycles. The number of hydrogen-bond donors (Lipinski definition) is 1. The fourth-order valence-electron chi connectivity index (χ4n) is 1.80. The molecule has 0 unspecified atom stereocenters. The van der Waals surface area contributed by atoms with Crippen LogP contribution in [0.1, 0.15) is 16.1 Å². The van der Waals surface area contributed by atoms with Crippen molar-refractivity contribution < 1.29 is 4.39 Å². The smallest absolute Gasteiger partial charge is 0.191 e. The van der Waals surface area contributed by atoms with Crippen molar-refractivity contribution in [3.8, 4) is 16.6 Å². The van der Waals surface area contributed by atoms with Crippen molar-refractivity contribution in [2.75, 3.05) is 0 Å². The van der Waals surface area contributed by atoms with Gasteiger partial charge in [-0.2, -0.15) is 15.6 Å². The van der Waals surface area contributed by atoms with E-state index < -0.39 is 0 Å². The zero-order chi connectivity index (χ0) is 14.7. The molecule has 1 N–H and O–H groups in total. The first-order valence-electron chi connectivity index (χ1n) is 6.11. The molecule has 21 heavy (non-hydrogen) atoms. The number of halogens is 1. The zero-order valence-electron chi connectivity index (χ0n) is 10.7. The lowest BCUT2D eigenvalue weighted by atomic mass is 10.2. The van der Waals surface area contributed by atoms with E-state index in [9.17, 15) is 4.39 Å². The monoisotopic (exact) mass is 296 g/mol. The summed E-state index contributed by atoms with van der Waals surface area (Å²) in [5.74, 6) is -0.249. The lowest BCUT2D eigenvalue weighted by molar-refractivity contribution is 0.628. The Balaban J connectivity index is 1.82. The highest BCUT2D eigenvalue weighted by atomic mass is 32.1. The normalized spacial score (nSPS) is 10.9. The Morgan fingerprint density at radius 1 is 1.10 bits per heavy atom. The number of thiophene rings is 1. The van der Waals surface area contributed by atoms with Crippen molar-refractivity contribution >= 4 is 23.5 Å². The van der Waals surface area contributed by atoms with Crippen LogP contribution in [0.25, 0.3) is 22.7 Å².